The second kappa shape index (κ2) is 9.12. The maximum atomic E-state index is 11.3. The van der Waals surface area contributed by atoms with E-state index in [1.54, 1.807) is 6.07 Å². The molecule has 0 aliphatic heterocycles. The first-order valence-electron chi connectivity index (χ1n) is 5.48. The minimum atomic E-state index is -0.554. The maximum Gasteiger partial charge on any atom is 0.310 e. The molecule has 1 aromatic rings. The predicted octanol–water partition coefficient (Wildman–Crippen LogP) is 0.860. The lowest BCUT2D eigenvalue weighted by atomic mass is 10.3. The molecule has 0 heterocycles. The number of rotatable bonds is 7. The molecule has 0 aromatic heterocycles. The minimum absolute atomic E-state index is 0. The topological polar surface area (TPSA) is 107 Å². The summed E-state index contributed by atoms with van der Waals surface area (Å²) in [6.45, 7) is 0.705. The van der Waals surface area contributed by atoms with Crippen LogP contribution in [-0.2, 0) is 4.79 Å². The molecule has 3 N–H and O–H groups in total. The number of hydrogen-bond acceptors (Lipinski definition) is 5. The molecule has 8 heteroatoms. The van der Waals surface area contributed by atoms with Crippen molar-refractivity contribution in [3.8, 4) is 5.75 Å². The van der Waals surface area contributed by atoms with E-state index >= 15 is 0 Å². The molecule has 0 saturated heterocycles. The van der Waals surface area contributed by atoms with Crippen LogP contribution in [0.4, 0.5) is 5.69 Å². The van der Waals surface area contributed by atoms with E-state index in [1.807, 2.05) is 0 Å². The number of carbonyl (C=O) groups is 1. The number of nitrogens with two attached hydrogens (primary N) is 1. The van der Waals surface area contributed by atoms with Crippen molar-refractivity contribution in [2.24, 2.45) is 5.73 Å². The number of nitrogens with one attached hydrogen (secondary N) is 1. The number of hydrogen-bond donors (Lipinski definition) is 2. The first kappa shape index (κ1) is 17.1. The molecule has 0 aliphatic rings. The Hall–Kier alpha value is -1.86. The van der Waals surface area contributed by atoms with Gasteiger partial charge in [0.1, 0.15) is 0 Å². The van der Waals surface area contributed by atoms with Crippen molar-refractivity contribution >= 4 is 24.0 Å². The van der Waals surface area contributed by atoms with Gasteiger partial charge < -0.3 is 15.8 Å². The molecule has 0 radical (unpaired) electrons. The third-order valence-electron chi connectivity index (χ3n) is 2.12. The van der Waals surface area contributed by atoms with E-state index in [0.717, 1.165) is 0 Å². The first-order chi connectivity index (χ1) is 8.65. The Labute approximate surface area is 116 Å². The van der Waals surface area contributed by atoms with E-state index < -0.39 is 4.92 Å². The predicted molar refractivity (Wildman–Crippen MR) is 72.5 cm³/mol. The molecule has 0 spiro atoms. The van der Waals surface area contributed by atoms with Gasteiger partial charge in [0.05, 0.1) is 4.92 Å². The lowest BCUT2D eigenvalue weighted by Crippen LogP contribution is -2.30. The monoisotopic (exact) mass is 289 g/mol. The first-order valence-corrected chi connectivity index (χ1v) is 5.48. The van der Waals surface area contributed by atoms with Crippen LogP contribution in [0.3, 0.4) is 0 Å². The highest BCUT2D eigenvalue weighted by Gasteiger charge is 2.14. The minimum Gasteiger partial charge on any atom is -0.477 e. The number of nitro groups is 1. The number of nitro benzene ring substituents is 1. The Bertz CT molecular complexity index is 428. The van der Waals surface area contributed by atoms with E-state index in [9.17, 15) is 14.9 Å². The van der Waals surface area contributed by atoms with Gasteiger partial charge in [0.25, 0.3) is 5.91 Å². The third-order valence-corrected chi connectivity index (χ3v) is 2.12. The van der Waals surface area contributed by atoms with Crippen LogP contribution < -0.4 is 15.8 Å². The van der Waals surface area contributed by atoms with Gasteiger partial charge in [-0.2, -0.15) is 0 Å². The zero-order valence-electron chi connectivity index (χ0n) is 10.2. The fraction of sp³-hybridized carbons (Fsp3) is 0.364. The van der Waals surface area contributed by atoms with Gasteiger partial charge in [0.15, 0.2) is 12.4 Å². The molecule has 1 rings (SSSR count). The van der Waals surface area contributed by atoms with Gasteiger partial charge in [-0.1, -0.05) is 12.1 Å². The third kappa shape index (κ3) is 6.03. The summed E-state index contributed by atoms with van der Waals surface area (Å²) in [5.41, 5.74) is 5.12. The Morgan fingerprint density at radius 1 is 1.42 bits per heavy atom. The summed E-state index contributed by atoms with van der Waals surface area (Å²) < 4.78 is 5.11. The number of nitrogens with zero attached hydrogens (tertiary/aromatic N) is 1. The Morgan fingerprint density at radius 2 is 2.11 bits per heavy atom. The van der Waals surface area contributed by atoms with E-state index in [-0.39, 0.29) is 36.4 Å². The second-order valence-corrected chi connectivity index (χ2v) is 3.51. The SMILES string of the molecule is Cl.NCCCNC(=O)COc1ccccc1[N+](=O)[O-]. The van der Waals surface area contributed by atoms with Crippen molar-refractivity contribution in [2.75, 3.05) is 19.7 Å². The lowest BCUT2D eigenvalue weighted by Gasteiger charge is -2.07. The lowest BCUT2D eigenvalue weighted by molar-refractivity contribution is -0.385. The molecule has 0 aliphatic carbocycles. The molecule has 0 unspecified atom stereocenters. The van der Waals surface area contributed by atoms with Crippen LogP contribution in [0.25, 0.3) is 0 Å². The highest BCUT2D eigenvalue weighted by atomic mass is 35.5. The van der Waals surface area contributed by atoms with Gasteiger partial charge in [-0.05, 0) is 19.0 Å². The van der Waals surface area contributed by atoms with Gasteiger partial charge in [-0.3, -0.25) is 14.9 Å². The number of carbonyl (C=O) groups excluding carboxylic acids is 1. The molecule has 106 valence electrons. The number of amides is 1. The summed E-state index contributed by atoms with van der Waals surface area (Å²) in [6.07, 6.45) is 0.678. The van der Waals surface area contributed by atoms with Crippen LogP contribution in [0.1, 0.15) is 6.42 Å². The fourth-order valence-corrected chi connectivity index (χ4v) is 1.25. The highest BCUT2D eigenvalue weighted by Crippen LogP contribution is 2.25. The van der Waals surface area contributed by atoms with Crippen LogP contribution in [0.2, 0.25) is 0 Å². The zero-order chi connectivity index (χ0) is 13.4. The smallest absolute Gasteiger partial charge is 0.310 e. The van der Waals surface area contributed by atoms with Crippen molar-refractivity contribution in [3.05, 3.63) is 34.4 Å². The van der Waals surface area contributed by atoms with Crippen molar-refractivity contribution in [2.45, 2.75) is 6.42 Å². The van der Waals surface area contributed by atoms with Gasteiger partial charge in [-0.15, -0.1) is 12.4 Å². The molecule has 0 atom stereocenters. The summed E-state index contributed by atoms with van der Waals surface area (Å²) in [7, 11) is 0. The number of benzene rings is 1. The van der Waals surface area contributed by atoms with Crippen LogP contribution >= 0.6 is 12.4 Å². The van der Waals surface area contributed by atoms with Crippen LogP contribution in [-0.4, -0.2) is 30.5 Å². The average molecular weight is 290 g/mol. The van der Waals surface area contributed by atoms with Gasteiger partial charge in [-0.25, -0.2) is 0 Å². The Morgan fingerprint density at radius 3 is 2.74 bits per heavy atom. The fourth-order valence-electron chi connectivity index (χ4n) is 1.25. The molecule has 7 nitrogen and oxygen atoms in total. The Balaban J connectivity index is 0.00000324. The molecule has 1 amide bonds. The van der Waals surface area contributed by atoms with E-state index in [2.05, 4.69) is 5.32 Å². The molecule has 0 fully saturated rings. The van der Waals surface area contributed by atoms with Crippen molar-refractivity contribution in [1.82, 2.24) is 5.32 Å². The van der Waals surface area contributed by atoms with Gasteiger partial charge in [0, 0.05) is 12.6 Å². The standard InChI is InChI=1S/C11H15N3O4.ClH/c12-6-3-7-13-11(15)8-18-10-5-2-1-4-9(10)14(16)17;/h1-2,4-5H,3,6-8,12H2,(H,13,15);1H. The number of ether oxygens (including phenoxy) is 1. The van der Waals surface area contributed by atoms with Crippen molar-refractivity contribution in [1.29, 1.82) is 0 Å². The molecular weight excluding hydrogens is 274 g/mol. The summed E-state index contributed by atoms with van der Waals surface area (Å²) in [5.74, 6) is -0.252. The second-order valence-electron chi connectivity index (χ2n) is 3.51. The quantitative estimate of drug-likeness (QED) is 0.440. The van der Waals surface area contributed by atoms with E-state index in [0.29, 0.717) is 19.5 Å². The molecule has 0 saturated carbocycles. The van der Waals surface area contributed by atoms with Gasteiger partial charge in [0.2, 0.25) is 0 Å². The largest absolute Gasteiger partial charge is 0.477 e. The number of para-hydroxylation sites is 2. The summed E-state index contributed by atoms with van der Waals surface area (Å²) in [4.78, 5) is 21.5. The van der Waals surface area contributed by atoms with E-state index in [4.69, 9.17) is 10.5 Å². The van der Waals surface area contributed by atoms with E-state index in [1.165, 1.54) is 18.2 Å². The highest BCUT2D eigenvalue weighted by molar-refractivity contribution is 5.85. The summed E-state index contributed by atoms with van der Waals surface area (Å²) >= 11 is 0. The number of halogens is 1. The summed E-state index contributed by atoms with van der Waals surface area (Å²) in [5, 5.41) is 13.3. The van der Waals surface area contributed by atoms with Crippen molar-refractivity contribution in [3.63, 3.8) is 0 Å². The molecule has 1 aromatic carbocycles. The maximum absolute atomic E-state index is 11.3. The van der Waals surface area contributed by atoms with Gasteiger partial charge >= 0.3 is 5.69 Å². The molecular formula is C11H16ClN3O4. The Kier molecular flexibility index (Phi) is 8.23. The zero-order valence-corrected chi connectivity index (χ0v) is 11.0. The molecule has 0 bridgehead atoms. The normalized spacial score (nSPS) is 9.32. The van der Waals surface area contributed by atoms with Crippen LogP contribution in [0, 0.1) is 10.1 Å². The van der Waals surface area contributed by atoms with Crippen molar-refractivity contribution < 1.29 is 14.5 Å². The van der Waals surface area contributed by atoms with Crippen LogP contribution in [0.5, 0.6) is 5.75 Å². The van der Waals surface area contributed by atoms with Crippen LogP contribution in [0.15, 0.2) is 24.3 Å². The average Bonchev–Trinajstić information content (AvgIpc) is 2.37. The molecule has 19 heavy (non-hydrogen) atoms. The summed E-state index contributed by atoms with van der Waals surface area (Å²) in [6, 6.07) is 5.91.